The zero-order valence-electron chi connectivity index (χ0n) is 7.89. The summed E-state index contributed by atoms with van der Waals surface area (Å²) in [6.07, 6.45) is 1.14. The van der Waals surface area contributed by atoms with Crippen molar-refractivity contribution >= 4 is 32.4 Å². The molecule has 1 rings (SSSR count). The van der Waals surface area contributed by atoms with E-state index in [2.05, 4.69) is 61.2 Å². The van der Waals surface area contributed by atoms with E-state index >= 15 is 0 Å². The lowest BCUT2D eigenvalue weighted by Gasteiger charge is -2.06. The quantitative estimate of drug-likeness (QED) is 0.573. The van der Waals surface area contributed by atoms with Gasteiger partial charge in [-0.3, -0.25) is 0 Å². The fourth-order valence-corrected chi connectivity index (χ4v) is 1.75. The average Bonchev–Trinajstić information content (AvgIpc) is 2.04. The molecule has 0 saturated heterocycles. The van der Waals surface area contributed by atoms with E-state index in [1.54, 1.807) is 0 Å². The van der Waals surface area contributed by atoms with E-state index in [1.807, 2.05) is 0 Å². The van der Waals surface area contributed by atoms with E-state index in [9.17, 15) is 0 Å². The summed E-state index contributed by atoms with van der Waals surface area (Å²) in [4.78, 5) is 0. The highest BCUT2D eigenvalue weighted by molar-refractivity contribution is 14.1. The largest absolute Gasteiger partial charge is 0.246 e. The summed E-state index contributed by atoms with van der Waals surface area (Å²) in [6.45, 7) is 6.62. The standard InChI is InChI=1S/C10H14BI/c1-4-9-5-6-10(11(3)12)7-8(9)2/h5-7H,4H2,1-3H3. The first kappa shape index (κ1) is 10.1. The first-order valence-electron chi connectivity index (χ1n) is 4.38. The molecule has 0 aromatic heterocycles. The third-order valence-electron chi connectivity index (χ3n) is 2.21. The third-order valence-corrected chi connectivity index (χ3v) is 2.93. The molecule has 0 amide bonds. The number of benzene rings is 1. The highest BCUT2D eigenvalue weighted by atomic mass is 127. The topological polar surface area (TPSA) is 0 Å². The van der Waals surface area contributed by atoms with Gasteiger partial charge in [-0.1, -0.05) is 37.4 Å². The molecule has 0 N–H and O–H groups in total. The number of aryl methyl sites for hydroxylation is 2. The van der Waals surface area contributed by atoms with Crippen molar-refractivity contribution in [2.24, 2.45) is 0 Å². The molecule has 0 aliphatic heterocycles. The van der Waals surface area contributed by atoms with E-state index in [4.69, 9.17) is 0 Å². The van der Waals surface area contributed by atoms with Crippen LogP contribution in [0.25, 0.3) is 0 Å². The number of rotatable bonds is 2. The Labute approximate surface area is 88.7 Å². The van der Waals surface area contributed by atoms with E-state index in [0.29, 0.717) is 4.57 Å². The van der Waals surface area contributed by atoms with Gasteiger partial charge < -0.3 is 0 Å². The van der Waals surface area contributed by atoms with Gasteiger partial charge in [-0.05, 0) is 24.5 Å². The lowest BCUT2D eigenvalue weighted by Crippen LogP contribution is -2.19. The van der Waals surface area contributed by atoms with Gasteiger partial charge in [0.2, 0.25) is 4.57 Å². The van der Waals surface area contributed by atoms with Gasteiger partial charge in [0.25, 0.3) is 0 Å². The molecule has 0 aliphatic rings. The molecule has 1 aromatic rings. The number of halogens is 1. The van der Waals surface area contributed by atoms with Crippen LogP contribution in [0.3, 0.4) is 0 Å². The zero-order chi connectivity index (χ0) is 9.14. The molecule has 0 bridgehead atoms. The molecule has 0 radical (unpaired) electrons. The van der Waals surface area contributed by atoms with Gasteiger partial charge >= 0.3 is 0 Å². The minimum Gasteiger partial charge on any atom is -0.143 e. The Hall–Kier alpha value is 0.0149. The van der Waals surface area contributed by atoms with Gasteiger partial charge in [-0.25, -0.2) is 0 Å². The molecule has 2 heteroatoms. The highest BCUT2D eigenvalue weighted by Crippen LogP contribution is 2.07. The summed E-state index contributed by atoms with van der Waals surface area (Å²) >= 11 is 2.45. The van der Waals surface area contributed by atoms with Crippen LogP contribution >= 0.6 is 22.4 Å². The fourth-order valence-electron chi connectivity index (χ4n) is 1.36. The predicted molar refractivity (Wildman–Crippen MR) is 65.8 cm³/mol. The lowest BCUT2D eigenvalue weighted by atomic mass is 9.72. The maximum Gasteiger partial charge on any atom is 0.246 e. The van der Waals surface area contributed by atoms with Crippen LogP contribution in [-0.4, -0.2) is 4.57 Å². The van der Waals surface area contributed by atoms with E-state index in [0.717, 1.165) is 6.42 Å². The second kappa shape index (κ2) is 4.31. The van der Waals surface area contributed by atoms with E-state index in [1.165, 1.54) is 16.6 Å². The molecule has 0 atom stereocenters. The molecule has 1 aromatic carbocycles. The molecule has 0 spiro atoms. The van der Waals surface area contributed by atoms with Crippen LogP contribution in [0.1, 0.15) is 18.1 Å². The summed E-state index contributed by atoms with van der Waals surface area (Å²) in [7, 11) is 0. The minimum atomic E-state index is 0.618. The van der Waals surface area contributed by atoms with Crippen LogP contribution in [-0.2, 0) is 6.42 Å². The Morgan fingerprint density at radius 1 is 1.42 bits per heavy atom. The molecule has 0 fully saturated rings. The van der Waals surface area contributed by atoms with E-state index < -0.39 is 0 Å². The first-order valence-corrected chi connectivity index (χ1v) is 5.63. The van der Waals surface area contributed by atoms with Gasteiger partial charge in [0, 0.05) is 0 Å². The first-order chi connectivity index (χ1) is 5.65. The maximum absolute atomic E-state index is 2.45. The molecule has 0 nitrogen and oxygen atoms in total. The van der Waals surface area contributed by atoms with E-state index in [-0.39, 0.29) is 0 Å². The molecule has 0 unspecified atom stereocenters. The van der Waals surface area contributed by atoms with Crippen LogP contribution < -0.4 is 5.46 Å². The van der Waals surface area contributed by atoms with Crippen molar-refractivity contribution < 1.29 is 0 Å². The predicted octanol–water partition coefficient (Wildman–Crippen LogP) is 2.82. The molecular formula is C10H14BI. The van der Waals surface area contributed by atoms with Crippen molar-refractivity contribution in [2.45, 2.75) is 27.1 Å². The van der Waals surface area contributed by atoms with Crippen LogP contribution in [0.2, 0.25) is 6.82 Å². The van der Waals surface area contributed by atoms with Gasteiger partial charge in [-0.15, -0.1) is 22.4 Å². The van der Waals surface area contributed by atoms with Crippen molar-refractivity contribution in [3.63, 3.8) is 0 Å². The molecule has 0 saturated carbocycles. The summed E-state index contributed by atoms with van der Waals surface area (Å²) in [5.41, 5.74) is 4.33. The lowest BCUT2D eigenvalue weighted by molar-refractivity contribution is 1.11. The SMILES string of the molecule is CCc1ccc(B(C)I)cc1C. The van der Waals surface area contributed by atoms with Crippen LogP contribution in [0.15, 0.2) is 18.2 Å². The van der Waals surface area contributed by atoms with Crippen molar-refractivity contribution in [1.29, 1.82) is 0 Å². The van der Waals surface area contributed by atoms with Crippen molar-refractivity contribution in [1.82, 2.24) is 0 Å². The number of hydrogen-bond donors (Lipinski definition) is 0. The fraction of sp³-hybridized carbons (Fsp3) is 0.400. The number of hydrogen-bond acceptors (Lipinski definition) is 0. The summed E-state index contributed by atoms with van der Waals surface area (Å²) in [6, 6.07) is 6.79. The Balaban J connectivity index is 3.02. The summed E-state index contributed by atoms with van der Waals surface area (Å²) < 4.78 is 0.618. The third kappa shape index (κ3) is 2.25. The van der Waals surface area contributed by atoms with Gasteiger partial charge in [-0.2, -0.15) is 0 Å². The van der Waals surface area contributed by atoms with Crippen LogP contribution in [0.5, 0.6) is 0 Å². The van der Waals surface area contributed by atoms with Gasteiger partial charge in [0.1, 0.15) is 0 Å². The molecule has 0 aliphatic carbocycles. The normalized spacial score (nSPS) is 10.0. The highest BCUT2D eigenvalue weighted by Gasteiger charge is 2.05. The molecular weight excluding hydrogens is 258 g/mol. The molecule has 0 heterocycles. The zero-order valence-corrected chi connectivity index (χ0v) is 10.1. The Kier molecular flexibility index (Phi) is 3.62. The molecule has 64 valence electrons. The second-order valence-electron chi connectivity index (χ2n) is 3.16. The van der Waals surface area contributed by atoms with Gasteiger partial charge in [0.05, 0.1) is 0 Å². The van der Waals surface area contributed by atoms with Gasteiger partial charge in [0.15, 0.2) is 0 Å². The smallest absolute Gasteiger partial charge is 0.143 e. The van der Waals surface area contributed by atoms with Crippen molar-refractivity contribution in [2.75, 3.05) is 0 Å². The van der Waals surface area contributed by atoms with Crippen LogP contribution in [0, 0.1) is 6.92 Å². The summed E-state index contributed by atoms with van der Waals surface area (Å²) in [5, 5.41) is 0. The summed E-state index contributed by atoms with van der Waals surface area (Å²) in [5.74, 6) is 0. The Morgan fingerprint density at radius 3 is 2.50 bits per heavy atom. The van der Waals surface area contributed by atoms with Crippen LogP contribution in [0.4, 0.5) is 0 Å². The Bertz CT molecular complexity index is 269. The second-order valence-corrected chi connectivity index (χ2v) is 5.02. The average molecular weight is 272 g/mol. The maximum atomic E-state index is 2.45. The van der Waals surface area contributed by atoms with Crippen molar-refractivity contribution in [3.05, 3.63) is 29.3 Å². The molecule has 12 heavy (non-hydrogen) atoms. The minimum absolute atomic E-state index is 0.618. The monoisotopic (exact) mass is 272 g/mol. The van der Waals surface area contributed by atoms with Crippen molar-refractivity contribution in [3.8, 4) is 0 Å². The Morgan fingerprint density at radius 2 is 2.08 bits per heavy atom.